The summed E-state index contributed by atoms with van der Waals surface area (Å²) in [6.45, 7) is 0.713. The molecule has 0 atom stereocenters. The molecule has 4 heteroatoms. The average Bonchev–Trinajstić information content (AvgIpc) is 2.76. The number of aromatic nitrogens is 1. The van der Waals surface area contributed by atoms with Gasteiger partial charge in [0.1, 0.15) is 5.75 Å². The highest BCUT2D eigenvalue weighted by Crippen LogP contribution is 2.25. The van der Waals surface area contributed by atoms with Crippen LogP contribution in [0.15, 0.2) is 48.7 Å². The largest absolute Gasteiger partial charge is 0.508 e. The van der Waals surface area contributed by atoms with Crippen LogP contribution in [0, 0.1) is 0 Å². The molecule has 0 aliphatic heterocycles. The third-order valence-electron chi connectivity index (χ3n) is 3.09. The van der Waals surface area contributed by atoms with E-state index in [0.29, 0.717) is 16.6 Å². The summed E-state index contributed by atoms with van der Waals surface area (Å²) in [5.74, 6) is 0.278. The molecule has 0 fully saturated rings. The van der Waals surface area contributed by atoms with E-state index >= 15 is 0 Å². The minimum absolute atomic E-state index is 0.278. The number of hydrogen-bond acceptors (Lipinski definition) is 1. The summed E-state index contributed by atoms with van der Waals surface area (Å²) in [7, 11) is 0. The van der Waals surface area contributed by atoms with E-state index in [1.807, 2.05) is 30.5 Å². The molecule has 96 valence electrons. The first-order valence-corrected chi connectivity index (χ1v) is 6.61. The lowest BCUT2D eigenvalue weighted by atomic mass is 10.2. The van der Waals surface area contributed by atoms with Crippen molar-refractivity contribution in [1.82, 2.24) is 4.57 Å². The Morgan fingerprint density at radius 1 is 0.947 bits per heavy atom. The van der Waals surface area contributed by atoms with E-state index in [2.05, 4.69) is 4.57 Å². The molecule has 0 bridgehead atoms. The molecular formula is C15H11Cl2NO. The van der Waals surface area contributed by atoms with E-state index in [9.17, 15) is 5.11 Å². The number of fused-ring (bicyclic) bond motifs is 1. The Morgan fingerprint density at radius 2 is 1.79 bits per heavy atom. The zero-order valence-electron chi connectivity index (χ0n) is 9.98. The summed E-state index contributed by atoms with van der Waals surface area (Å²) < 4.78 is 2.11. The molecule has 19 heavy (non-hydrogen) atoms. The smallest absolute Gasteiger partial charge is 0.116 e. The van der Waals surface area contributed by atoms with Crippen LogP contribution in [-0.4, -0.2) is 9.67 Å². The van der Waals surface area contributed by atoms with Crippen molar-refractivity contribution in [2.24, 2.45) is 0 Å². The number of benzene rings is 2. The summed E-state index contributed by atoms with van der Waals surface area (Å²) in [6, 6.07) is 13.0. The van der Waals surface area contributed by atoms with Gasteiger partial charge in [-0.1, -0.05) is 29.3 Å². The minimum Gasteiger partial charge on any atom is -0.508 e. The normalized spacial score (nSPS) is 11.1. The highest BCUT2D eigenvalue weighted by molar-refractivity contribution is 6.42. The van der Waals surface area contributed by atoms with E-state index in [1.165, 1.54) is 0 Å². The topological polar surface area (TPSA) is 25.2 Å². The molecule has 0 amide bonds. The Kier molecular flexibility index (Phi) is 3.13. The summed E-state index contributed by atoms with van der Waals surface area (Å²) in [5, 5.41) is 11.6. The first kappa shape index (κ1) is 12.4. The number of phenolic OH excluding ortho intramolecular Hbond substituents is 1. The zero-order chi connectivity index (χ0) is 13.4. The monoisotopic (exact) mass is 291 g/mol. The molecule has 1 N–H and O–H groups in total. The molecule has 0 radical (unpaired) electrons. The van der Waals surface area contributed by atoms with Crippen molar-refractivity contribution in [2.45, 2.75) is 6.54 Å². The van der Waals surface area contributed by atoms with Gasteiger partial charge in [-0.25, -0.2) is 0 Å². The van der Waals surface area contributed by atoms with Gasteiger partial charge in [-0.2, -0.15) is 0 Å². The number of hydrogen-bond donors (Lipinski definition) is 1. The third kappa shape index (κ3) is 2.42. The maximum Gasteiger partial charge on any atom is 0.116 e. The molecule has 3 aromatic rings. The predicted molar refractivity (Wildman–Crippen MR) is 79.2 cm³/mol. The fourth-order valence-electron chi connectivity index (χ4n) is 2.16. The lowest BCUT2D eigenvalue weighted by Gasteiger charge is -2.07. The second-order valence-electron chi connectivity index (χ2n) is 4.44. The van der Waals surface area contributed by atoms with Crippen LogP contribution in [0.5, 0.6) is 5.75 Å². The van der Waals surface area contributed by atoms with E-state index < -0.39 is 0 Å². The highest BCUT2D eigenvalue weighted by atomic mass is 35.5. The molecule has 0 aliphatic rings. The maximum absolute atomic E-state index is 9.45. The quantitative estimate of drug-likeness (QED) is 0.727. The van der Waals surface area contributed by atoms with Crippen molar-refractivity contribution >= 4 is 34.1 Å². The summed E-state index contributed by atoms with van der Waals surface area (Å²) in [6.07, 6.45) is 1.99. The van der Waals surface area contributed by atoms with Crippen molar-refractivity contribution in [2.75, 3.05) is 0 Å². The predicted octanol–water partition coefficient (Wildman–Crippen LogP) is 4.70. The highest BCUT2D eigenvalue weighted by Gasteiger charge is 2.04. The lowest BCUT2D eigenvalue weighted by molar-refractivity contribution is 0.476. The van der Waals surface area contributed by atoms with Gasteiger partial charge >= 0.3 is 0 Å². The van der Waals surface area contributed by atoms with Gasteiger partial charge in [-0.05, 0) is 42.0 Å². The van der Waals surface area contributed by atoms with Gasteiger partial charge in [-0.15, -0.1) is 0 Å². The van der Waals surface area contributed by atoms with Gasteiger partial charge in [-0.3, -0.25) is 0 Å². The van der Waals surface area contributed by atoms with Gasteiger partial charge < -0.3 is 9.67 Å². The minimum atomic E-state index is 0.278. The SMILES string of the molecule is Oc1ccc2c(ccn2Cc2ccc(Cl)c(Cl)c2)c1. The van der Waals surface area contributed by atoms with Crippen LogP contribution >= 0.6 is 23.2 Å². The summed E-state index contributed by atoms with van der Waals surface area (Å²) in [4.78, 5) is 0. The Bertz CT molecular complexity index is 749. The van der Waals surface area contributed by atoms with Crippen LogP contribution in [0.3, 0.4) is 0 Å². The number of phenols is 1. The second kappa shape index (κ2) is 4.80. The van der Waals surface area contributed by atoms with Crippen molar-refractivity contribution in [3.05, 3.63) is 64.3 Å². The van der Waals surface area contributed by atoms with E-state index in [1.54, 1.807) is 18.2 Å². The molecule has 0 saturated carbocycles. The first-order chi connectivity index (χ1) is 9.13. The van der Waals surface area contributed by atoms with Crippen LogP contribution < -0.4 is 0 Å². The lowest BCUT2D eigenvalue weighted by Crippen LogP contribution is -1.97. The Balaban J connectivity index is 1.98. The number of nitrogens with zero attached hydrogens (tertiary/aromatic N) is 1. The van der Waals surface area contributed by atoms with Gasteiger partial charge in [0, 0.05) is 23.6 Å². The van der Waals surface area contributed by atoms with E-state index in [0.717, 1.165) is 16.5 Å². The molecule has 0 saturated heterocycles. The third-order valence-corrected chi connectivity index (χ3v) is 3.83. The van der Waals surface area contributed by atoms with Gasteiger partial charge in [0.2, 0.25) is 0 Å². The first-order valence-electron chi connectivity index (χ1n) is 5.85. The molecule has 2 nitrogen and oxygen atoms in total. The number of halogens is 2. The van der Waals surface area contributed by atoms with Crippen LogP contribution in [0.25, 0.3) is 10.9 Å². The molecule has 2 aromatic carbocycles. The standard InChI is InChI=1S/C15H11Cl2NO/c16-13-3-1-10(7-14(13)17)9-18-6-5-11-8-12(19)2-4-15(11)18/h1-8,19H,9H2. The maximum atomic E-state index is 9.45. The molecule has 1 heterocycles. The van der Waals surface area contributed by atoms with Crippen LogP contribution in [0.4, 0.5) is 0 Å². The van der Waals surface area contributed by atoms with Crippen molar-refractivity contribution < 1.29 is 5.11 Å². The zero-order valence-corrected chi connectivity index (χ0v) is 11.5. The second-order valence-corrected chi connectivity index (χ2v) is 5.25. The molecule has 0 aliphatic carbocycles. The van der Waals surface area contributed by atoms with E-state index in [-0.39, 0.29) is 5.75 Å². The fourth-order valence-corrected chi connectivity index (χ4v) is 2.48. The molecule has 0 spiro atoms. The van der Waals surface area contributed by atoms with Crippen LogP contribution in [0.2, 0.25) is 10.0 Å². The van der Waals surface area contributed by atoms with Gasteiger partial charge in [0.15, 0.2) is 0 Å². The average molecular weight is 292 g/mol. The molecular weight excluding hydrogens is 281 g/mol. The van der Waals surface area contributed by atoms with Crippen molar-refractivity contribution in [3.8, 4) is 5.75 Å². The summed E-state index contributed by atoms with van der Waals surface area (Å²) >= 11 is 11.9. The summed E-state index contributed by atoms with van der Waals surface area (Å²) in [5.41, 5.74) is 2.16. The van der Waals surface area contributed by atoms with Crippen molar-refractivity contribution in [3.63, 3.8) is 0 Å². The molecule has 0 unspecified atom stereocenters. The molecule has 3 rings (SSSR count). The Hall–Kier alpha value is -1.64. The number of aromatic hydroxyl groups is 1. The van der Waals surface area contributed by atoms with E-state index in [4.69, 9.17) is 23.2 Å². The Labute approximate surface area is 120 Å². The van der Waals surface area contributed by atoms with Crippen molar-refractivity contribution in [1.29, 1.82) is 0 Å². The van der Waals surface area contributed by atoms with Gasteiger partial charge in [0.05, 0.1) is 10.0 Å². The van der Waals surface area contributed by atoms with Gasteiger partial charge in [0.25, 0.3) is 0 Å². The fraction of sp³-hybridized carbons (Fsp3) is 0.0667. The number of rotatable bonds is 2. The van der Waals surface area contributed by atoms with Crippen LogP contribution in [-0.2, 0) is 6.54 Å². The van der Waals surface area contributed by atoms with Crippen LogP contribution in [0.1, 0.15) is 5.56 Å². The molecule has 1 aromatic heterocycles. The Morgan fingerprint density at radius 3 is 2.58 bits per heavy atom.